The quantitative estimate of drug-likeness (QED) is 0.447. The molecule has 0 aliphatic carbocycles. The fourth-order valence-corrected chi connectivity index (χ4v) is 1.10. The first-order valence-corrected chi connectivity index (χ1v) is 3.79. The van der Waals surface area contributed by atoms with Crippen LogP contribution in [0.4, 0.5) is 0 Å². The van der Waals surface area contributed by atoms with Crippen molar-refractivity contribution in [3.8, 4) is 0 Å². The largest absolute Gasteiger partial charge is 0.240 e. The fraction of sp³-hybridized carbons (Fsp3) is 1.00. The second kappa shape index (κ2) is 4.69. The third-order valence-corrected chi connectivity index (χ3v) is 1.52. The Morgan fingerprint density at radius 3 is 1.40 bits per heavy atom. The van der Waals surface area contributed by atoms with Gasteiger partial charge >= 0.3 is 0 Å². The molecular weight excluding hydrogens is 128 g/mol. The maximum absolute atomic E-state index is 5.06. The van der Waals surface area contributed by atoms with E-state index in [-0.39, 0.29) is 6.10 Å². The van der Waals surface area contributed by atoms with Crippen LogP contribution in [0.2, 0.25) is 0 Å². The first-order chi connectivity index (χ1) is 4.59. The minimum Gasteiger partial charge on any atom is -0.240 e. The third-order valence-electron chi connectivity index (χ3n) is 1.52. The summed E-state index contributed by atoms with van der Waals surface area (Å²) >= 11 is 0. The van der Waals surface area contributed by atoms with Crippen molar-refractivity contribution >= 4 is 0 Å². The molecule has 0 rings (SSSR count). The maximum atomic E-state index is 5.06. The Bertz CT molecular complexity index is 71.3. The van der Waals surface area contributed by atoms with E-state index in [0.717, 1.165) is 0 Å². The molecule has 0 aromatic carbocycles. The second-order valence-corrected chi connectivity index (χ2v) is 3.22. The first kappa shape index (κ1) is 9.92. The van der Waals surface area contributed by atoms with Crippen LogP contribution < -0.4 is 0 Å². The minimum atomic E-state index is 0.213. The Labute approximate surface area is 63.5 Å². The monoisotopic (exact) mass is 146 g/mol. The van der Waals surface area contributed by atoms with E-state index >= 15 is 0 Å². The summed E-state index contributed by atoms with van der Waals surface area (Å²) in [5, 5.41) is 0. The first-order valence-electron chi connectivity index (χ1n) is 3.79. The van der Waals surface area contributed by atoms with Gasteiger partial charge in [0.2, 0.25) is 0 Å². The van der Waals surface area contributed by atoms with Gasteiger partial charge in [-0.15, -0.1) is 0 Å². The van der Waals surface area contributed by atoms with E-state index < -0.39 is 0 Å². The van der Waals surface area contributed by atoms with Crippen LogP contribution in [0.25, 0.3) is 0 Å². The van der Waals surface area contributed by atoms with Crippen LogP contribution in [0.1, 0.15) is 27.7 Å². The van der Waals surface area contributed by atoms with E-state index in [0.29, 0.717) is 11.8 Å². The summed E-state index contributed by atoms with van der Waals surface area (Å²) in [6, 6.07) is 0. The normalized spacial score (nSPS) is 12.0. The summed E-state index contributed by atoms with van der Waals surface area (Å²) in [4.78, 5) is 9.69. The zero-order valence-electron chi connectivity index (χ0n) is 7.55. The Morgan fingerprint density at radius 1 is 0.900 bits per heavy atom. The number of hydrogen-bond donors (Lipinski definition) is 0. The highest BCUT2D eigenvalue weighted by atomic mass is 17.2. The molecule has 0 N–H and O–H groups in total. The Balaban J connectivity index is 3.73. The Hall–Kier alpha value is -0.0800. The lowest BCUT2D eigenvalue weighted by molar-refractivity contribution is -0.321. The van der Waals surface area contributed by atoms with Crippen molar-refractivity contribution < 1.29 is 9.78 Å². The molecule has 0 bridgehead atoms. The number of hydrogen-bond acceptors (Lipinski definition) is 2. The highest BCUT2D eigenvalue weighted by Crippen LogP contribution is 2.15. The van der Waals surface area contributed by atoms with Crippen molar-refractivity contribution in [3.05, 3.63) is 0 Å². The fourth-order valence-electron chi connectivity index (χ4n) is 1.10. The molecule has 0 saturated carbocycles. The molecule has 0 aliphatic rings. The van der Waals surface area contributed by atoms with Crippen LogP contribution >= 0.6 is 0 Å². The van der Waals surface area contributed by atoms with Gasteiger partial charge in [-0.3, -0.25) is 0 Å². The van der Waals surface area contributed by atoms with Gasteiger partial charge in [-0.1, -0.05) is 27.7 Å². The van der Waals surface area contributed by atoms with Gasteiger partial charge in [-0.05, 0) is 11.8 Å². The molecule has 0 saturated heterocycles. The molecule has 2 heteroatoms. The summed E-state index contributed by atoms with van der Waals surface area (Å²) in [6.45, 7) is 8.51. The van der Waals surface area contributed by atoms with E-state index in [9.17, 15) is 0 Å². The minimum absolute atomic E-state index is 0.213. The summed E-state index contributed by atoms with van der Waals surface area (Å²) in [5.41, 5.74) is 0. The zero-order valence-corrected chi connectivity index (χ0v) is 7.55. The Kier molecular flexibility index (Phi) is 4.65. The molecule has 0 atom stereocenters. The molecule has 62 valence electrons. The molecule has 10 heavy (non-hydrogen) atoms. The highest BCUT2D eigenvalue weighted by molar-refractivity contribution is 4.64. The van der Waals surface area contributed by atoms with Crippen LogP contribution in [-0.2, 0) is 9.78 Å². The summed E-state index contributed by atoms with van der Waals surface area (Å²) in [5.74, 6) is 1.03. The van der Waals surface area contributed by atoms with E-state index in [2.05, 4.69) is 32.6 Å². The van der Waals surface area contributed by atoms with E-state index in [1.165, 1.54) is 0 Å². The van der Waals surface area contributed by atoms with Crippen molar-refractivity contribution in [2.45, 2.75) is 33.8 Å². The zero-order chi connectivity index (χ0) is 8.15. The van der Waals surface area contributed by atoms with Crippen molar-refractivity contribution in [2.75, 3.05) is 7.11 Å². The lowest BCUT2D eigenvalue weighted by Crippen LogP contribution is -2.25. The van der Waals surface area contributed by atoms with Gasteiger partial charge in [0.1, 0.15) is 0 Å². The van der Waals surface area contributed by atoms with Crippen molar-refractivity contribution in [3.63, 3.8) is 0 Å². The van der Waals surface area contributed by atoms with E-state index in [1.807, 2.05) is 0 Å². The molecule has 0 heterocycles. The topological polar surface area (TPSA) is 18.5 Å². The lowest BCUT2D eigenvalue weighted by atomic mass is 9.97. The van der Waals surface area contributed by atoms with Gasteiger partial charge in [0.25, 0.3) is 0 Å². The average Bonchev–Trinajstić information content (AvgIpc) is 1.81. The molecule has 0 aromatic heterocycles. The Morgan fingerprint density at radius 2 is 1.30 bits per heavy atom. The van der Waals surface area contributed by atoms with Gasteiger partial charge in [-0.2, -0.15) is 0 Å². The average molecular weight is 146 g/mol. The van der Waals surface area contributed by atoms with Crippen LogP contribution in [-0.4, -0.2) is 13.2 Å². The standard InChI is InChI=1S/C8H18O2/c1-6(2)8(7(3)4)10-9-5/h6-8H,1-5H3. The molecule has 2 nitrogen and oxygen atoms in total. The summed E-state index contributed by atoms with van der Waals surface area (Å²) in [7, 11) is 1.55. The molecule has 0 spiro atoms. The lowest BCUT2D eigenvalue weighted by Gasteiger charge is -2.22. The molecule has 0 amide bonds. The predicted molar refractivity (Wildman–Crippen MR) is 41.6 cm³/mol. The van der Waals surface area contributed by atoms with Gasteiger partial charge < -0.3 is 0 Å². The maximum Gasteiger partial charge on any atom is 0.0975 e. The van der Waals surface area contributed by atoms with Crippen LogP contribution in [0.3, 0.4) is 0 Å². The van der Waals surface area contributed by atoms with E-state index in [1.54, 1.807) is 7.11 Å². The molecular formula is C8H18O2. The summed E-state index contributed by atoms with van der Waals surface area (Å²) < 4.78 is 0. The SMILES string of the molecule is COOC(C(C)C)C(C)C. The predicted octanol–water partition coefficient (Wildman–Crippen LogP) is 2.25. The van der Waals surface area contributed by atoms with Gasteiger partial charge in [-0.25, -0.2) is 9.78 Å². The number of rotatable bonds is 4. The smallest absolute Gasteiger partial charge is 0.0975 e. The second-order valence-electron chi connectivity index (χ2n) is 3.22. The van der Waals surface area contributed by atoms with Gasteiger partial charge in [0, 0.05) is 0 Å². The van der Waals surface area contributed by atoms with Crippen LogP contribution in [0.15, 0.2) is 0 Å². The van der Waals surface area contributed by atoms with Gasteiger partial charge in [0.15, 0.2) is 0 Å². The highest BCUT2D eigenvalue weighted by Gasteiger charge is 2.18. The third kappa shape index (κ3) is 3.18. The molecule has 0 radical (unpaired) electrons. The molecule has 0 fully saturated rings. The molecule has 0 unspecified atom stereocenters. The van der Waals surface area contributed by atoms with E-state index in [4.69, 9.17) is 4.89 Å². The van der Waals surface area contributed by atoms with Crippen molar-refractivity contribution in [1.29, 1.82) is 0 Å². The van der Waals surface area contributed by atoms with Crippen molar-refractivity contribution in [1.82, 2.24) is 0 Å². The van der Waals surface area contributed by atoms with Crippen LogP contribution in [0.5, 0.6) is 0 Å². The molecule has 0 aromatic rings. The molecule has 0 aliphatic heterocycles. The van der Waals surface area contributed by atoms with Crippen molar-refractivity contribution in [2.24, 2.45) is 11.8 Å². The van der Waals surface area contributed by atoms with Gasteiger partial charge in [0.05, 0.1) is 13.2 Å². The summed E-state index contributed by atoms with van der Waals surface area (Å²) in [6.07, 6.45) is 0.213. The van der Waals surface area contributed by atoms with Crippen LogP contribution in [0, 0.1) is 11.8 Å².